The van der Waals surface area contributed by atoms with Crippen molar-refractivity contribution in [1.82, 2.24) is 24.6 Å². The van der Waals surface area contributed by atoms with Crippen LogP contribution in [0, 0.1) is 0 Å². The molecule has 7 rings (SSSR count). The van der Waals surface area contributed by atoms with E-state index in [0.717, 1.165) is 35.4 Å². The molecule has 1 aliphatic heterocycles. The lowest BCUT2D eigenvalue weighted by atomic mass is 9.76. The minimum atomic E-state index is -0.381. The largest absolute Gasteiger partial charge is 0.278 e. The first kappa shape index (κ1) is 22.6. The first-order chi connectivity index (χ1) is 18.8. The number of hydrogen-bond donors (Lipinski definition) is 0. The van der Waals surface area contributed by atoms with Gasteiger partial charge in [0.25, 0.3) is 0 Å². The number of rotatable bonds is 7. The van der Waals surface area contributed by atoms with E-state index in [4.69, 9.17) is 10.1 Å². The van der Waals surface area contributed by atoms with Gasteiger partial charge in [0, 0.05) is 24.3 Å². The summed E-state index contributed by atoms with van der Waals surface area (Å²) < 4.78 is 2.04. The van der Waals surface area contributed by atoms with E-state index in [1.54, 1.807) is 0 Å². The Balaban J connectivity index is 1.23. The van der Waals surface area contributed by atoms with E-state index < -0.39 is 0 Å². The molecular formula is C33H27N5. The monoisotopic (exact) mass is 493 g/mol. The third-order valence-corrected chi connectivity index (χ3v) is 7.50. The Morgan fingerprint density at radius 3 is 1.82 bits per heavy atom. The molecule has 38 heavy (non-hydrogen) atoms. The lowest BCUT2D eigenvalue weighted by Gasteiger charge is -2.38. The first-order valence-electron chi connectivity index (χ1n) is 13.0. The highest BCUT2D eigenvalue weighted by Crippen LogP contribution is 2.48. The molecule has 1 fully saturated rings. The molecule has 2 aromatic heterocycles. The van der Waals surface area contributed by atoms with Crippen molar-refractivity contribution in [2.45, 2.75) is 18.1 Å². The van der Waals surface area contributed by atoms with E-state index in [0.29, 0.717) is 6.04 Å². The van der Waals surface area contributed by atoms with E-state index in [9.17, 15) is 0 Å². The molecule has 0 saturated carbocycles. The van der Waals surface area contributed by atoms with Crippen molar-refractivity contribution in [3.63, 3.8) is 0 Å². The molecule has 3 heterocycles. The van der Waals surface area contributed by atoms with Crippen LogP contribution >= 0.6 is 0 Å². The Labute approximate surface area is 222 Å². The van der Waals surface area contributed by atoms with Crippen molar-refractivity contribution in [2.75, 3.05) is 6.54 Å². The number of para-hydroxylation sites is 2. The summed E-state index contributed by atoms with van der Waals surface area (Å²) in [5, 5.41) is 4.71. The fraction of sp³-hybridized carbons (Fsp3) is 0.121. The highest BCUT2D eigenvalue weighted by atomic mass is 15.4. The van der Waals surface area contributed by atoms with Crippen molar-refractivity contribution >= 4 is 11.0 Å². The van der Waals surface area contributed by atoms with Crippen molar-refractivity contribution < 1.29 is 0 Å². The van der Waals surface area contributed by atoms with E-state index in [1.807, 2.05) is 41.3 Å². The second kappa shape index (κ2) is 9.36. The van der Waals surface area contributed by atoms with Crippen LogP contribution in [0.1, 0.15) is 16.7 Å². The molecule has 0 bridgehead atoms. The van der Waals surface area contributed by atoms with Crippen LogP contribution in [0.15, 0.2) is 134 Å². The predicted molar refractivity (Wildman–Crippen MR) is 150 cm³/mol. The predicted octanol–water partition coefficient (Wildman–Crippen LogP) is 6.17. The third-order valence-electron chi connectivity index (χ3n) is 7.50. The van der Waals surface area contributed by atoms with Gasteiger partial charge in [-0.2, -0.15) is 5.10 Å². The minimum Gasteiger partial charge on any atom is -0.278 e. The molecule has 4 aromatic carbocycles. The molecule has 5 heteroatoms. The molecule has 0 radical (unpaired) electrons. The normalized spacial score (nSPS) is 16.9. The quantitative estimate of drug-likeness (QED) is 0.197. The molecule has 184 valence electrons. The zero-order valence-corrected chi connectivity index (χ0v) is 20.9. The molecule has 1 aliphatic rings. The van der Waals surface area contributed by atoms with E-state index in [-0.39, 0.29) is 5.54 Å². The van der Waals surface area contributed by atoms with Crippen LogP contribution in [-0.2, 0) is 12.1 Å². The van der Waals surface area contributed by atoms with Crippen LogP contribution in [0.3, 0.4) is 0 Å². The highest BCUT2D eigenvalue weighted by Gasteiger charge is 2.53. The number of aromatic nitrogens is 4. The van der Waals surface area contributed by atoms with Crippen LogP contribution in [0.25, 0.3) is 22.3 Å². The molecule has 0 spiro atoms. The zero-order valence-electron chi connectivity index (χ0n) is 20.9. The Morgan fingerprint density at radius 1 is 0.658 bits per heavy atom. The van der Waals surface area contributed by atoms with Crippen LogP contribution in [0.4, 0.5) is 0 Å². The van der Waals surface area contributed by atoms with Gasteiger partial charge < -0.3 is 0 Å². The molecule has 0 N–H and O–H groups in total. The van der Waals surface area contributed by atoms with Crippen LogP contribution in [-0.4, -0.2) is 37.2 Å². The van der Waals surface area contributed by atoms with E-state index in [2.05, 4.69) is 107 Å². The zero-order chi connectivity index (χ0) is 25.4. The maximum absolute atomic E-state index is 4.80. The van der Waals surface area contributed by atoms with Gasteiger partial charge in [0.2, 0.25) is 0 Å². The summed E-state index contributed by atoms with van der Waals surface area (Å²) in [5.41, 5.74) is 7.05. The van der Waals surface area contributed by atoms with E-state index in [1.165, 1.54) is 16.7 Å². The molecule has 2 unspecified atom stereocenters. The average Bonchev–Trinajstić information content (AvgIpc) is 3.59. The average molecular weight is 494 g/mol. The Hall–Kier alpha value is -4.61. The number of hydrogen-bond acceptors (Lipinski definition) is 4. The topological polar surface area (TPSA) is 46.6 Å². The SMILES string of the molecule is c1ccc(C(c2ccccc2)(c2ccccc2)N2CC2Cn2cc(-c3cnc4ccccc4n3)cn2)cc1. The Bertz CT molecular complexity index is 1580. The van der Waals surface area contributed by atoms with Gasteiger partial charge in [0.05, 0.1) is 41.2 Å². The lowest BCUT2D eigenvalue weighted by Crippen LogP contribution is -2.39. The first-order valence-corrected chi connectivity index (χ1v) is 13.0. The van der Waals surface area contributed by atoms with Gasteiger partial charge in [0.1, 0.15) is 0 Å². The van der Waals surface area contributed by atoms with Crippen molar-refractivity contribution in [3.05, 3.63) is 151 Å². The summed E-state index contributed by atoms with van der Waals surface area (Å²) in [6.07, 6.45) is 5.81. The summed E-state index contributed by atoms with van der Waals surface area (Å²) in [4.78, 5) is 12.0. The maximum Gasteiger partial charge on any atom is 0.0976 e. The summed E-state index contributed by atoms with van der Waals surface area (Å²) in [6.45, 7) is 1.78. The number of benzene rings is 4. The molecule has 6 aromatic rings. The maximum atomic E-state index is 4.80. The van der Waals surface area contributed by atoms with Gasteiger partial charge >= 0.3 is 0 Å². The molecule has 0 amide bonds. The van der Waals surface area contributed by atoms with E-state index >= 15 is 0 Å². The Kier molecular flexibility index (Phi) is 5.56. The minimum absolute atomic E-state index is 0.339. The summed E-state index contributed by atoms with van der Waals surface area (Å²) >= 11 is 0. The van der Waals surface area contributed by atoms with Gasteiger partial charge in [-0.15, -0.1) is 0 Å². The standard InChI is InChI=1S/C33H27N5/c1-4-12-26(13-5-1)33(27-14-6-2-7-15-27,28-16-8-3-9-17-28)38-24-29(38)23-37-22-25(20-35-37)32-21-34-30-18-10-11-19-31(30)36-32/h1-22,29H,23-24H2. The van der Waals surface area contributed by atoms with Crippen molar-refractivity contribution in [3.8, 4) is 11.3 Å². The number of fused-ring (bicyclic) bond motifs is 1. The summed E-state index contributed by atoms with van der Waals surface area (Å²) in [7, 11) is 0. The van der Waals surface area contributed by atoms with Gasteiger partial charge in [0.15, 0.2) is 0 Å². The highest BCUT2D eigenvalue weighted by molar-refractivity contribution is 5.76. The van der Waals surface area contributed by atoms with Crippen molar-refractivity contribution in [2.24, 2.45) is 0 Å². The van der Waals surface area contributed by atoms with Gasteiger partial charge in [-0.25, -0.2) is 4.98 Å². The van der Waals surface area contributed by atoms with Crippen molar-refractivity contribution in [1.29, 1.82) is 0 Å². The van der Waals surface area contributed by atoms with Gasteiger partial charge in [-0.3, -0.25) is 14.6 Å². The fourth-order valence-electron chi connectivity index (χ4n) is 5.69. The van der Waals surface area contributed by atoms with Crippen LogP contribution in [0.5, 0.6) is 0 Å². The molecular weight excluding hydrogens is 466 g/mol. The second-order valence-corrected chi connectivity index (χ2v) is 9.81. The summed E-state index contributed by atoms with van der Waals surface area (Å²) in [6, 6.07) is 40.9. The van der Waals surface area contributed by atoms with Crippen LogP contribution < -0.4 is 0 Å². The summed E-state index contributed by atoms with van der Waals surface area (Å²) in [5.74, 6) is 0. The second-order valence-electron chi connectivity index (χ2n) is 9.81. The molecule has 0 aliphatic carbocycles. The number of nitrogens with zero attached hydrogens (tertiary/aromatic N) is 5. The van der Waals surface area contributed by atoms with Gasteiger partial charge in [-0.05, 0) is 28.8 Å². The molecule has 5 nitrogen and oxygen atoms in total. The molecule has 1 saturated heterocycles. The van der Waals surface area contributed by atoms with Crippen LogP contribution in [0.2, 0.25) is 0 Å². The Morgan fingerprint density at radius 2 is 1.21 bits per heavy atom. The lowest BCUT2D eigenvalue weighted by molar-refractivity contribution is 0.307. The van der Waals surface area contributed by atoms with Gasteiger partial charge in [-0.1, -0.05) is 103 Å². The fourth-order valence-corrected chi connectivity index (χ4v) is 5.69. The smallest absolute Gasteiger partial charge is 0.0976 e. The third kappa shape index (κ3) is 3.88. The molecule has 2 atom stereocenters.